The highest BCUT2D eigenvalue weighted by Crippen LogP contribution is 2.50. The van der Waals surface area contributed by atoms with Crippen LogP contribution < -0.4 is 0 Å². The lowest BCUT2D eigenvalue weighted by Gasteiger charge is -2.35. The average molecular weight is 320 g/mol. The number of rotatable bonds is 5. The fourth-order valence-electron chi connectivity index (χ4n) is 3.18. The molecule has 0 spiro atoms. The normalized spacial score (nSPS) is 24.4. The van der Waals surface area contributed by atoms with Crippen LogP contribution in [0.5, 0.6) is 0 Å². The molecule has 1 saturated heterocycles. The van der Waals surface area contributed by atoms with Crippen LogP contribution in [0.3, 0.4) is 0 Å². The summed E-state index contributed by atoms with van der Waals surface area (Å²) in [6.45, 7) is 4.90. The molecule has 0 N–H and O–H groups in total. The summed E-state index contributed by atoms with van der Waals surface area (Å²) in [5.41, 5.74) is 0. The summed E-state index contributed by atoms with van der Waals surface area (Å²) in [6.07, 6.45) is 3.65. The van der Waals surface area contributed by atoms with Crippen LogP contribution in [0.2, 0.25) is 0 Å². The fraction of sp³-hybridized carbons (Fsp3) is 0.647. The number of nitrogens with zero attached hydrogens (tertiary/aromatic N) is 2. The molecule has 0 radical (unpaired) electrons. The largest absolute Gasteiger partial charge is 0.339 e. The summed E-state index contributed by atoms with van der Waals surface area (Å²) in [5.74, 6) is 1.16. The van der Waals surface area contributed by atoms with Crippen LogP contribution >= 0.6 is 11.3 Å². The maximum absolute atomic E-state index is 12.5. The van der Waals surface area contributed by atoms with E-state index < -0.39 is 0 Å². The first-order chi connectivity index (χ1) is 10.7. The maximum Gasteiger partial charge on any atom is 0.226 e. The molecule has 1 aliphatic carbocycles. The van der Waals surface area contributed by atoms with Gasteiger partial charge in [0, 0.05) is 49.3 Å². The van der Waals surface area contributed by atoms with Crippen molar-refractivity contribution in [1.29, 1.82) is 0 Å². The summed E-state index contributed by atoms with van der Waals surface area (Å²) < 4.78 is 0. The van der Waals surface area contributed by atoms with E-state index in [1.54, 1.807) is 11.3 Å². The Bertz CT molecular complexity index is 521. The number of carbonyl (C=O) groups is 2. The van der Waals surface area contributed by atoms with E-state index in [1.807, 2.05) is 9.80 Å². The van der Waals surface area contributed by atoms with Gasteiger partial charge >= 0.3 is 0 Å². The molecular weight excluding hydrogens is 296 g/mol. The number of carbonyl (C=O) groups excluding carboxylic acids is 2. The lowest BCUT2D eigenvalue weighted by molar-refractivity contribution is -0.140. The van der Waals surface area contributed by atoms with Gasteiger partial charge in [-0.25, -0.2) is 0 Å². The highest BCUT2D eigenvalue weighted by molar-refractivity contribution is 7.10. The molecular formula is C17H24N2O2S. The Morgan fingerprint density at radius 2 is 1.95 bits per heavy atom. The van der Waals surface area contributed by atoms with Crippen molar-refractivity contribution in [2.45, 2.75) is 38.5 Å². The van der Waals surface area contributed by atoms with Crippen LogP contribution in [0.15, 0.2) is 17.5 Å². The minimum atomic E-state index is 0.181. The molecule has 0 bridgehead atoms. The van der Waals surface area contributed by atoms with Crippen molar-refractivity contribution in [2.24, 2.45) is 5.92 Å². The molecule has 1 aromatic rings. The molecule has 2 amide bonds. The number of thiophene rings is 1. The Morgan fingerprint density at radius 1 is 1.23 bits per heavy atom. The second-order valence-corrected chi connectivity index (χ2v) is 7.25. The van der Waals surface area contributed by atoms with Crippen molar-refractivity contribution >= 4 is 23.2 Å². The summed E-state index contributed by atoms with van der Waals surface area (Å²) in [5, 5.41) is 2.08. The van der Waals surface area contributed by atoms with Crippen LogP contribution in [0.4, 0.5) is 0 Å². The monoisotopic (exact) mass is 320 g/mol. The van der Waals surface area contributed by atoms with E-state index in [0.29, 0.717) is 44.4 Å². The minimum absolute atomic E-state index is 0.181. The van der Waals surface area contributed by atoms with Crippen LogP contribution in [0, 0.1) is 5.92 Å². The average Bonchev–Trinajstić information content (AvgIpc) is 3.17. The quantitative estimate of drug-likeness (QED) is 0.837. The van der Waals surface area contributed by atoms with Gasteiger partial charge in [-0.1, -0.05) is 19.4 Å². The zero-order chi connectivity index (χ0) is 15.5. The molecule has 5 heteroatoms. The molecule has 2 heterocycles. The van der Waals surface area contributed by atoms with Gasteiger partial charge in [-0.05, 0) is 24.3 Å². The molecule has 22 heavy (non-hydrogen) atoms. The first-order valence-electron chi connectivity index (χ1n) is 8.30. The second-order valence-electron chi connectivity index (χ2n) is 6.27. The van der Waals surface area contributed by atoms with Gasteiger partial charge in [0.2, 0.25) is 11.8 Å². The molecule has 120 valence electrons. The van der Waals surface area contributed by atoms with Gasteiger partial charge in [0.15, 0.2) is 0 Å². The second kappa shape index (κ2) is 6.82. The van der Waals surface area contributed by atoms with Crippen molar-refractivity contribution in [1.82, 2.24) is 9.80 Å². The van der Waals surface area contributed by atoms with Gasteiger partial charge < -0.3 is 9.80 Å². The van der Waals surface area contributed by atoms with Gasteiger partial charge in [0.05, 0.1) is 0 Å². The van der Waals surface area contributed by atoms with Crippen molar-refractivity contribution in [3.63, 3.8) is 0 Å². The zero-order valence-electron chi connectivity index (χ0n) is 13.2. The summed E-state index contributed by atoms with van der Waals surface area (Å²) >= 11 is 1.75. The molecule has 1 aromatic heterocycles. The highest BCUT2D eigenvalue weighted by atomic mass is 32.1. The molecule has 3 rings (SSSR count). The van der Waals surface area contributed by atoms with Gasteiger partial charge in [0.25, 0.3) is 0 Å². The highest BCUT2D eigenvalue weighted by Gasteiger charge is 2.46. The number of amides is 2. The lowest BCUT2D eigenvalue weighted by atomic mass is 10.2. The Kier molecular flexibility index (Phi) is 4.81. The molecule has 2 aliphatic rings. The van der Waals surface area contributed by atoms with Gasteiger partial charge in [0.1, 0.15) is 0 Å². The molecule has 2 fully saturated rings. The van der Waals surface area contributed by atoms with Crippen LogP contribution in [-0.2, 0) is 9.59 Å². The molecule has 1 aliphatic heterocycles. The Hall–Kier alpha value is -1.36. The van der Waals surface area contributed by atoms with E-state index in [0.717, 1.165) is 19.3 Å². The van der Waals surface area contributed by atoms with Crippen molar-refractivity contribution < 1.29 is 9.59 Å². The third kappa shape index (κ3) is 3.35. The number of piperazine rings is 1. The summed E-state index contributed by atoms with van der Waals surface area (Å²) in [4.78, 5) is 29.8. The van der Waals surface area contributed by atoms with Crippen LogP contribution in [0.1, 0.15) is 43.4 Å². The molecule has 2 unspecified atom stereocenters. The Labute approximate surface area is 136 Å². The fourth-order valence-corrected chi connectivity index (χ4v) is 4.09. The van der Waals surface area contributed by atoms with E-state index in [-0.39, 0.29) is 11.8 Å². The van der Waals surface area contributed by atoms with E-state index in [9.17, 15) is 9.59 Å². The van der Waals surface area contributed by atoms with E-state index in [2.05, 4.69) is 24.4 Å². The first-order valence-corrected chi connectivity index (χ1v) is 9.18. The van der Waals surface area contributed by atoms with Gasteiger partial charge in [-0.2, -0.15) is 0 Å². The molecule has 1 saturated carbocycles. The molecule has 0 aromatic carbocycles. The summed E-state index contributed by atoms with van der Waals surface area (Å²) in [6, 6.07) is 4.19. The number of unbranched alkanes of at least 4 members (excludes halogenated alkanes) is 1. The van der Waals surface area contributed by atoms with Gasteiger partial charge in [-0.3, -0.25) is 9.59 Å². The molecule has 4 nitrogen and oxygen atoms in total. The zero-order valence-corrected chi connectivity index (χ0v) is 14.0. The standard InChI is InChI=1S/C17H24N2O2S/c1-2-3-6-16(20)18-7-9-19(10-8-18)17(21)14-12-13(14)15-5-4-11-22-15/h4-5,11,13-14H,2-3,6-10,12H2,1H3. The minimum Gasteiger partial charge on any atom is -0.339 e. The number of hydrogen-bond acceptors (Lipinski definition) is 3. The summed E-state index contributed by atoms with van der Waals surface area (Å²) in [7, 11) is 0. The Balaban J connectivity index is 1.46. The predicted octanol–water partition coefficient (Wildman–Crippen LogP) is 2.71. The van der Waals surface area contributed by atoms with Crippen molar-refractivity contribution in [3.8, 4) is 0 Å². The van der Waals surface area contributed by atoms with E-state index in [1.165, 1.54) is 4.88 Å². The smallest absolute Gasteiger partial charge is 0.226 e. The van der Waals surface area contributed by atoms with E-state index in [4.69, 9.17) is 0 Å². The first kappa shape index (κ1) is 15.5. The third-order valence-corrected chi connectivity index (χ3v) is 5.71. The number of hydrogen-bond donors (Lipinski definition) is 0. The SMILES string of the molecule is CCCCC(=O)N1CCN(C(=O)C2CC2c2cccs2)CC1. The third-order valence-electron chi connectivity index (χ3n) is 4.70. The topological polar surface area (TPSA) is 40.6 Å². The Morgan fingerprint density at radius 3 is 2.59 bits per heavy atom. The molecule has 2 atom stereocenters. The lowest BCUT2D eigenvalue weighted by Crippen LogP contribution is -2.51. The van der Waals surface area contributed by atoms with Crippen molar-refractivity contribution in [3.05, 3.63) is 22.4 Å². The predicted molar refractivity (Wildman–Crippen MR) is 87.9 cm³/mol. The van der Waals surface area contributed by atoms with Crippen molar-refractivity contribution in [2.75, 3.05) is 26.2 Å². The van der Waals surface area contributed by atoms with Gasteiger partial charge in [-0.15, -0.1) is 11.3 Å². The van der Waals surface area contributed by atoms with E-state index >= 15 is 0 Å². The maximum atomic E-state index is 12.5. The van der Waals surface area contributed by atoms with Crippen LogP contribution in [0.25, 0.3) is 0 Å². The van der Waals surface area contributed by atoms with Crippen LogP contribution in [-0.4, -0.2) is 47.8 Å².